The molecule has 0 amide bonds. The lowest BCUT2D eigenvalue weighted by molar-refractivity contribution is 0.490. The first-order valence-electron chi connectivity index (χ1n) is 6.88. The van der Waals surface area contributed by atoms with E-state index in [1.165, 1.54) is 24.8 Å². The molecule has 3 rings (SSSR count). The van der Waals surface area contributed by atoms with Gasteiger partial charge in [-0.05, 0) is 37.3 Å². The summed E-state index contributed by atoms with van der Waals surface area (Å²) in [5.41, 5.74) is 2.31. The number of para-hydroxylation sites is 2. The summed E-state index contributed by atoms with van der Waals surface area (Å²) >= 11 is 0. The Balaban J connectivity index is 1.73. The van der Waals surface area contributed by atoms with Crippen LogP contribution in [0.2, 0.25) is 0 Å². The molecule has 18 heavy (non-hydrogen) atoms. The Kier molecular flexibility index (Phi) is 3.08. The van der Waals surface area contributed by atoms with Gasteiger partial charge in [-0.15, -0.1) is 0 Å². The van der Waals surface area contributed by atoms with E-state index in [2.05, 4.69) is 42.1 Å². The fourth-order valence-electron chi connectivity index (χ4n) is 2.98. The Morgan fingerprint density at radius 1 is 1.33 bits per heavy atom. The van der Waals surface area contributed by atoms with Gasteiger partial charge >= 0.3 is 0 Å². The molecular weight excluding hydrogens is 222 g/mol. The van der Waals surface area contributed by atoms with Crippen molar-refractivity contribution in [3.05, 3.63) is 30.1 Å². The van der Waals surface area contributed by atoms with Crippen molar-refractivity contribution < 1.29 is 0 Å². The van der Waals surface area contributed by atoms with Crippen LogP contribution < -0.4 is 5.32 Å². The quantitative estimate of drug-likeness (QED) is 0.898. The molecule has 2 unspecified atom stereocenters. The molecule has 0 spiro atoms. The number of nitrogens with one attached hydrogen (secondary N) is 1. The smallest absolute Gasteiger partial charge is 0.123 e. The molecule has 1 aliphatic carbocycles. The van der Waals surface area contributed by atoms with Crippen LogP contribution in [-0.2, 0) is 13.6 Å². The predicted molar refractivity (Wildman–Crippen MR) is 74.4 cm³/mol. The van der Waals surface area contributed by atoms with E-state index in [-0.39, 0.29) is 0 Å². The summed E-state index contributed by atoms with van der Waals surface area (Å²) in [4.78, 5) is 4.69. The second-order valence-electron chi connectivity index (χ2n) is 5.57. The number of aromatic nitrogens is 2. The third-order valence-electron chi connectivity index (χ3n) is 4.12. The largest absolute Gasteiger partial charge is 0.330 e. The molecule has 1 fully saturated rings. The minimum Gasteiger partial charge on any atom is -0.330 e. The molecule has 1 saturated carbocycles. The molecule has 1 heterocycles. The molecular formula is C15H21N3. The molecule has 0 aliphatic heterocycles. The second kappa shape index (κ2) is 4.73. The maximum atomic E-state index is 4.69. The van der Waals surface area contributed by atoms with Crippen LogP contribution in [0.5, 0.6) is 0 Å². The Morgan fingerprint density at radius 2 is 2.17 bits per heavy atom. The van der Waals surface area contributed by atoms with Crippen molar-refractivity contribution in [3.63, 3.8) is 0 Å². The molecule has 1 aromatic carbocycles. The highest BCUT2D eigenvalue weighted by Gasteiger charge is 2.21. The van der Waals surface area contributed by atoms with Crippen LogP contribution in [0.1, 0.15) is 32.0 Å². The van der Waals surface area contributed by atoms with Gasteiger partial charge in [0.05, 0.1) is 17.6 Å². The molecule has 3 nitrogen and oxygen atoms in total. The number of hydrogen-bond donors (Lipinski definition) is 1. The first kappa shape index (κ1) is 11.7. The van der Waals surface area contributed by atoms with E-state index < -0.39 is 0 Å². The molecule has 2 atom stereocenters. The third-order valence-corrected chi connectivity index (χ3v) is 4.12. The monoisotopic (exact) mass is 243 g/mol. The van der Waals surface area contributed by atoms with Gasteiger partial charge in [0.15, 0.2) is 0 Å². The fourth-order valence-corrected chi connectivity index (χ4v) is 2.98. The van der Waals surface area contributed by atoms with Crippen molar-refractivity contribution >= 4 is 11.0 Å². The minimum atomic E-state index is 0.680. The van der Waals surface area contributed by atoms with E-state index in [4.69, 9.17) is 4.98 Å². The van der Waals surface area contributed by atoms with E-state index in [0.29, 0.717) is 6.04 Å². The van der Waals surface area contributed by atoms with Crippen LogP contribution in [0.25, 0.3) is 11.0 Å². The zero-order valence-corrected chi connectivity index (χ0v) is 11.2. The Labute approximate surface area is 108 Å². The normalized spacial score (nSPS) is 23.9. The van der Waals surface area contributed by atoms with Crippen molar-refractivity contribution in [1.29, 1.82) is 0 Å². The molecule has 1 N–H and O–H groups in total. The molecule has 96 valence electrons. The highest BCUT2D eigenvalue weighted by molar-refractivity contribution is 5.75. The standard InChI is InChI=1S/C15H21N3/c1-11-7-8-12(9-11)16-10-15-17-13-5-3-4-6-14(13)18(15)2/h3-6,11-12,16H,7-10H2,1-2H3. The van der Waals surface area contributed by atoms with Crippen LogP contribution >= 0.6 is 0 Å². The molecule has 1 aliphatic rings. The molecule has 0 saturated heterocycles. The number of hydrogen-bond acceptors (Lipinski definition) is 2. The zero-order chi connectivity index (χ0) is 12.5. The van der Waals surface area contributed by atoms with Gasteiger partial charge in [-0.25, -0.2) is 4.98 Å². The van der Waals surface area contributed by atoms with Crippen molar-refractivity contribution in [2.24, 2.45) is 13.0 Å². The number of rotatable bonds is 3. The molecule has 1 aromatic heterocycles. The predicted octanol–water partition coefficient (Wildman–Crippen LogP) is 2.85. The lowest BCUT2D eigenvalue weighted by atomic mass is 10.1. The lowest BCUT2D eigenvalue weighted by Gasteiger charge is -2.12. The fraction of sp³-hybridized carbons (Fsp3) is 0.533. The summed E-state index contributed by atoms with van der Waals surface area (Å²) < 4.78 is 2.20. The van der Waals surface area contributed by atoms with Crippen LogP contribution in [0, 0.1) is 5.92 Å². The summed E-state index contributed by atoms with van der Waals surface area (Å²) in [5.74, 6) is 2.01. The number of fused-ring (bicyclic) bond motifs is 1. The summed E-state index contributed by atoms with van der Waals surface area (Å²) in [7, 11) is 2.10. The van der Waals surface area contributed by atoms with Gasteiger partial charge in [-0.1, -0.05) is 19.1 Å². The molecule has 3 heteroatoms. The summed E-state index contributed by atoms with van der Waals surface area (Å²) in [6.07, 6.45) is 3.98. The number of nitrogens with zero attached hydrogens (tertiary/aromatic N) is 2. The second-order valence-corrected chi connectivity index (χ2v) is 5.57. The van der Waals surface area contributed by atoms with E-state index in [1.807, 2.05) is 6.07 Å². The maximum absolute atomic E-state index is 4.69. The Morgan fingerprint density at radius 3 is 2.89 bits per heavy atom. The van der Waals surface area contributed by atoms with E-state index in [9.17, 15) is 0 Å². The van der Waals surface area contributed by atoms with Gasteiger partial charge in [0.25, 0.3) is 0 Å². The van der Waals surface area contributed by atoms with Crippen LogP contribution in [0.4, 0.5) is 0 Å². The first-order chi connectivity index (χ1) is 8.74. The van der Waals surface area contributed by atoms with Crippen LogP contribution in [0.3, 0.4) is 0 Å². The summed E-state index contributed by atoms with van der Waals surface area (Å²) in [6, 6.07) is 9.00. The van der Waals surface area contributed by atoms with Gasteiger partial charge in [-0.3, -0.25) is 0 Å². The lowest BCUT2D eigenvalue weighted by Crippen LogP contribution is -2.27. The van der Waals surface area contributed by atoms with Crippen molar-refractivity contribution in [2.75, 3.05) is 0 Å². The average molecular weight is 243 g/mol. The third kappa shape index (κ3) is 2.15. The van der Waals surface area contributed by atoms with Gasteiger partial charge in [0.2, 0.25) is 0 Å². The average Bonchev–Trinajstić information content (AvgIpc) is 2.92. The van der Waals surface area contributed by atoms with Gasteiger partial charge < -0.3 is 9.88 Å². The topological polar surface area (TPSA) is 29.9 Å². The van der Waals surface area contributed by atoms with Crippen molar-refractivity contribution in [1.82, 2.24) is 14.9 Å². The molecule has 0 radical (unpaired) electrons. The first-order valence-corrected chi connectivity index (χ1v) is 6.88. The maximum Gasteiger partial charge on any atom is 0.123 e. The Hall–Kier alpha value is -1.35. The minimum absolute atomic E-state index is 0.680. The Bertz CT molecular complexity index is 544. The van der Waals surface area contributed by atoms with E-state index in [1.54, 1.807) is 0 Å². The molecule has 2 aromatic rings. The van der Waals surface area contributed by atoms with Crippen molar-refractivity contribution in [3.8, 4) is 0 Å². The number of aryl methyl sites for hydroxylation is 1. The van der Waals surface area contributed by atoms with E-state index in [0.717, 1.165) is 23.8 Å². The van der Waals surface area contributed by atoms with Crippen LogP contribution in [0.15, 0.2) is 24.3 Å². The van der Waals surface area contributed by atoms with Gasteiger partial charge in [0, 0.05) is 13.1 Å². The SMILES string of the molecule is CC1CCC(NCc2nc3ccccc3n2C)C1. The highest BCUT2D eigenvalue weighted by Crippen LogP contribution is 2.25. The zero-order valence-electron chi connectivity index (χ0n) is 11.2. The van der Waals surface area contributed by atoms with E-state index >= 15 is 0 Å². The number of imidazole rings is 1. The van der Waals surface area contributed by atoms with Crippen molar-refractivity contribution in [2.45, 2.75) is 38.8 Å². The van der Waals surface area contributed by atoms with Gasteiger partial charge in [-0.2, -0.15) is 0 Å². The molecule has 0 bridgehead atoms. The van der Waals surface area contributed by atoms with Crippen LogP contribution in [-0.4, -0.2) is 15.6 Å². The number of benzene rings is 1. The highest BCUT2D eigenvalue weighted by atomic mass is 15.1. The summed E-state index contributed by atoms with van der Waals surface area (Å²) in [6.45, 7) is 3.22. The van der Waals surface area contributed by atoms with Gasteiger partial charge in [0.1, 0.15) is 5.82 Å². The summed E-state index contributed by atoms with van der Waals surface area (Å²) in [5, 5.41) is 3.65.